The van der Waals surface area contributed by atoms with Crippen LogP contribution in [0, 0.1) is 0 Å². The number of nitrogens with one attached hydrogen (secondary N) is 1. The van der Waals surface area contributed by atoms with Gasteiger partial charge >= 0.3 is 0 Å². The van der Waals surface area contributed by atoms with Crippen molar-refractivity contribution in [3.63, 3.8) is 0 Å². The third-order valence-electron chi connectivity index (χ3n) is 2.30. The Morgan fingerprint density at radius 3 is 2.62 bits per heavy atom. The smallest absolute Gasteiger partial charge is 0.151 e. The van der Waals surface area contributed by atoms with Gasteiger partial charge < -0.3 is 5.32 Å². The predicted molar refractivity (Wildman–Crippen MR) is 70.2 cm³/mol. The minimum absolute atomic E-state index is 0.202. The second kappa shape index (κ2) is 6.37. The van der Waals surface area contributed by atoms with Crippen LogP contribution in [0.15, 0.2) is 28.7 Å². The molecule has 0 unspecified atom stereocenters. The molecule has 0 aliphatic rings. The van der Waals surface area contributed by atoms with Crippen molar-refractivity contribution in [3.05, 3.63) is 34.3 Å². The lowest BCUT2D eigenvalue weighted by molar-refractivity contribution is 0.592. The highest BCUT2D eigenvalue weighted by Gasteiger charge is 2.06. The standard InChI is InChI=1S/C11H16BrNO2S/c1-2-16(14,15)8-7-13-9-10-5-3-4-6-11(10)12/h3-6,13H,2,7-9H2,1H3. The number of halogens is 1. The van der Waals surface area contributed by atoms with E-state index in [-0.39, 0.29) is 11.5 Å². The topological polar surface area (TPSA) is 46.2 Å². The Balaban J connectivity index is 2.35. The molecule has 1 N–H and O–H groups in total. The quantitative estimate of drug-likeness (QED) is 0.818. The third kappa shape index (κ3) is 4.63. The number of benzene rings is 1. The van der Waals surface area contributed by atoms with Gasteiger partial charge in [0.25, 0.3) is 0 Å². The maximum Gasteiger partial charge on any atom is 0.151 e. The molecule has 0 saturated heterocycles. The van der Waals surface area contributed by atoms with E-state index in [2.05, 4.69) is 21.2 Å². The van der Waals surface area contributed by atoms with Gasteiger partial charge in [-0.1, -0.05) is 41.1 Å². The summed E-state index contributed by atoms with van der Waals surface area (Å²) in [6, 6.07) is 7.89. The number of sulfone groups is 1. The van der Waals surface area contributed by atoms with E-state index in [4.69, 9.17) is 0 Å². The van der Waals surface area contributed by atoms with Crippen molar-refractivity contribution >= 4 is 25.8 Å². The maximum absolute atomic E-state index is 11.2. The summed E-state index contributed by atoms with van der Waals surface area (Å²) in [6.45, 7) is 2.85. The zero-order valence-electron chi connectivity index (χ0n) is 9.24. The molecule has 0 spiro atoms. The van der Waals surface area contributed by atoms with E-state index in [1.54, 1.807) is 6.92 Å². The lowest BCUT2D eigenvalue weighted by Crippen LogP contribution is -2.23. The minimum atomic E-state index is -2.86. The van der Waals surface area contributed by atoms with Crippen molar-refractivity contribution in [2.24, 2.45) is 0 Å². The monoisotopic (exact) mass is 305 g/mol. The zero-order chi connectivity index (χ0) is 12.0. The Labute approximate surface area is 105 Å². The average Bonchev–Trinajstić information content (AvgIpc) is 2.27. The Kier molecular flexibility index (Phi) is 5.44. The molecule has 1 aromatic carbocycles. The SMILES string of the molecule is CCS(=O)(=O)CCNCc1ccccc1Br. The van der Waals surface area contributed by atoms with Crippen molar-refractivity contribution in [2.75, 3.05) is 18.1 Å². The van der Waals surface area contributed by atoms with Crippen LogP contribution in [0.1, 0.15) is 12.5 Å². The van der Waals surface area contributed by atoms with Crippen molar-refractivity contribution in [1.29, 1.82) is 0 Å². The molecule has 0 fully saturated rings. The third-order valence-corrected chi connectivity index (χ3v) is 4.78. The molecule has 5 heteroatoms. The van der Waals surface area contributed by atoms with Crippen LogP contribution in [0.2, 0.25) is 0 Å². The summed E-state index contributed by atoms with van der Waals surface area (Å²) in [5.74, 6) is 0.414. The van der Waals surface area contributed by atoms with Crippen LogP contribution in [0.5, 0.6) is 0 Å². The van der Waals surface area contributed by atoms with Gasteiger partial charge in [0, 0.05) is 23.3 Å². The second-order valence-electron chi connectivity index (χ2n) is 3.50. The molecule has 3 nitrogen and oxygen atoms in total. The van der Waals surface area contributed by atoms with Gasteiger partial charge in [0.1, 0.15) is 0 Å². The van der Waals surface area contributed by atoms with Gasteiger partial charge in [-0.25, -0.2) is 8.42 Å². The Morgan fingerprint density at radius 1 is 1.31 bits per heavy atom. The Bertz CT molecular complexity index is 431. The molecule has 16 heavy (non-hydrogen) atoms. The number of rotatable bonds is 6. The maximum atomic E-state index is 11.2. The second-order valence-corrected chi connectivity index (χ2v) is 6.83. The van der Waals surface area contributed by atoms with Crippen LogP contribution < -0.4 is 5.32 Å². The first kappa shape index (κ1) is 13.7. The van der Waals surface area contributed by atoms with Crippen molar-refractivity contribution in [1.82, 2.24) is 5.32 Å². The fourth-order valence-electron chi connectivity index (χ4n) is 1.24. The number of hydrogen-bond acceptors (Lipinski definition) is 3. The normalized spacial score (nSPS) is 11.6. The lowest BCUT2D eigenvalue weighted by Gasteiger charge is -2.06. The first-order valence-electron chi connectivity index (χ1n) is 5.19. The van der Waals surface area contributed by atoms with Crippen LogP contribution in [0.4, 0.5) is 0 Å². The van der Waals surface area contributed by atoms with Gasteiger partial charge in [-0.15, -0.1) is 0 Å². The highest BCUT2D eigenvalue weighted by Crippen LogP contribution is 2.15. The number of hydrogen-bond donors (Lipinski definition) is 1. The Morgan fingerprint density at radius 2 is 2.00 bits per heavy atom. The molecular formula is C11H16BrNO2S. The van der Waals surface area contributed by atoms with Gasteiger partial charge in [0.15, 0.2) is 9.84 Å². The Hall–Kier alpha value is -0.390. The molecule has 1 rings (SSSR count). The van der Waals surface area contributed by atoms with Crippen LogP contribution >= 0.6 is 15.9 Å². The van der Waals surface area contributed by atoms with Gasteiger partial charge in [0.2, 0.25) is 0 Å². The molecule has 0 amide bonds. The molecule has 90 valence electrons. The molecule has 0 saturated carbocycles. The lowest BCUT2D eigenvalue weighted by atomic mass is 10.2. The average molecular weight is 306 g/mol. The van der Waals surface area contributed by atoms with Crippen LogP contribution in [0.25, 0.3) is 0 Å². The summed E-state index contributed by atoms with van der Waals surface area (Å²) in [5, 5.41) is 3.12. The van der Waals surface area contributed by atoms with Crippen LogP contribution in [0.3, 0.4) is 0 Å². The molecule has 0 heterocycles. The van der Waals surface area contributed by atoms with Gasteiger partial charge in [-0.3, -0.25) is 0 Å². The molecule has 0 aliphatic carbocycles. The summed E-state index contributed by atoms with van der Waals surface area (Å²) in [5.41, 5.74) is 1.14. The molecule has 0 aromatic heterocycles. The minimum Gasteiger partial charge on any atom is -0.312 e. The summed E-state index contributed by atoms with van der Waals surface area (Å²) in [4.78, 5) is 0. The molecule has 1 aromatic rings. The van der Waals surface area contributed by atoms with Crippen molar-refractivity contribution in [2.45, 2.75) is 13.5 Å². The molecular weight excluding hydrogens is 290 g/mol. The van der Waals surface area contributed by atoms with E-state index in [0.717, 1.165) is 10.0 Å². The fourth-order valence-corrected chi connectivity index (χ4v) is 2.41. The van der Waals surface area contributed by atoms with E-state index < -0.39 is 9.84 Å². The van der Waals surface area contributed by atoms with Crippen molar-refractivity contribution in [3.8, 4) is 0 Å². The fraction of sp³-hybridized carbons (Fsp3) is 0.455. The highest BCUT2D eigenvalue weighted by atomic mass is 79.9. The van der Waals surface area contributed by atoms with E-state index >= 15 is 0 Å². The molecule has 0 radical (unpaired) electrons. The first-order chi connectivity index (χ1) is 7.55. The molecule has 0 atom stereocenters. The summed E-state index contributed by atoms with van der Waals surface area (Å²) in [7, 11) is -2.86. The van der Waals surface area contributed by atoms with Gasteiger partial charge in [0.05, 0.1) is 5.75 Å². The van der Waals surface area contributed by atoms with E-state index in [1.165, 1.54) is 0 Å². The summed E-state index contributed by atoms with van der Waals surface area (Å²) >= 11 is 3.44. The molecule has 0 bridgehead atoms. The van der Waals surface area contributed by atoms with Crippen LogP contribution in [-0.2, 0) is 16.4 Å². The summed E-state index contributed by atoms with van der Waals surface area (Å²) in [6.07, 6.45) is 0. The van der Waals surface area contributed by atoms with E-state index in [1.807, 2.05) is 24.3 Å². The zero-order valence-corrected chi connectivity index (χ0v) is 11.6. The van der Waals surface area contributed by atoms with Gasteiger partial charge in [-0.2, -0.15) is 0 Å². The predicted octanol–water partition coefficient (Wildman–Crippen LogP) is 1.97. The van der Waals surface area contributed by atoms with E-state index in [0.29, 0.717) is 13.1 Å². The summed E-state index contributed by atoms with van der Waals surface area (Å²) < 4.78 is 23.5. The highest BCUT2D eigenvalue weighted by molar-refractivity contribution is 9.10. The van der Waals surface area contributed by atoms with E-state index in [9.17, 15) is 8.42 Å². The molecule has 0 aliphatic heterocycles. The first-order valence-corrected chi connectivity index (χ1v) is 7.81. The van der Waals surface area contributed by atoms with Crippen LogP contribution in [-0.4, -0.2) is 26.5 Å². The largest absolute Gasteiger partial charge is 0.312 e. The van der Waals surface area contributed by atoms with Crippen molar-refractivity contribution < 1.29 is 8.42 Å². The van der Waals surface area contributed by atoms with Gasteiger partial charge in [-0.05, 0) is 11.6 Å².